The van der Waals surface area contributed by atoms with Crippen LogP contribution in [-0.2, 0) is 14.8 Å². The molecular weight excluding hydrogens is 343 g/mol. The first kappa shape index (κ1) is 18.9. The van der Waals surface area contributed by atoms with Gasteiger partial charge in [0.25, 0.3) is 0 Å². The summed E-state index contributed by atoms with van der Waals surface area (Å²) >= 11 is 0. The molecule has 0 aromatic heterocycles. The van der Waals surface area contributed by atoms with E-state index in [-0.39, 0.29) is 18.4 Å². The number of hydrogen-bond donors (Lipinski definition) is 0. The first-order valence-electron chi connectivity index (χ1n) is 7.74. The molecule has 4 nitrogen and oxygen atoms in total. The maximum atomic E-state index is 14.0. The van der Waals surface area contributed by atoms with Crippen LogP contribution in [0.25, 0.3) is 0 Å². The lowest BCUT2D eigenvalue weighted by Gasteiger charge is -2.29. The van der Waals surface area contributed by atoms with Gasteiger partial charge in [-0.1, -0.05) is 0 Å². The molecule has 1 saturated carbocycles. The van der Waals surface area contributed by atoms with E-state index < -0.39 is 37.9 Å². The van der Waals surface area contributed by atoms with Crippen LogP contribution in [0.2, 0.25) is 0 Å². The molecule has 1 aliphatic carbocycles. The van der Waals surface area contributed by atoms with Crippen molar-refractivity contribution in [2.45, 2.75) is 37.5 Å². The van der Waals surface area contributed by atoms with Gasteiger partial charge in [-0.05, 0) is 44.6 Å². The third-order valence-corrected chi connectivity index (χ3v) is 6.46. The van der Waals surface area contributed by atoms with Crippen molar-refractivity contribution < 1.29 is 26.4 Å². The summed E-state index contributed by atoms with van der Waals surface area (Å²) in [6.07, 6.45) is 3.64. The predicted octanol–water partition coefficient (Wildman–Crippen LogP) is 3.04. The van der Waals surface area contributed by atoms with Crippen LogP contribution in [0.1, 0.15) is 31.2 Å². The molecule has 0 N–H and O–H groups in total. The Balaban J connectivity index is 2.20. The van der Waals surface area contributed by atoms with Crippen LogP contribution in [0.4, 0.5) is 13.2 Å². The summed E-state index contributed by atoms with van der Waals surface area (Å²) in [4.78, 5) is 9.75. The van der Waals surface area contributed by atoms with Gasteiger partial charge in [-0.2, -0.15) is 0 Å². The summed E-state index contributed by atoms with van der Waals surface area (Å²) in [5.74, 6) is -4.13. The number of halogens is 3. The number of carbonyl (C=O) groups excluding carboxylic acids is 1. The number of benzene rings is 1. The van der Waals surface area contributed by atoms with Crippen LogP contribution >= 0.6 is 0 Å². The first-order valence-corrected chi connectivity index (χ1v) is 9.18. The van der Waals surface area contributed by atoms with E-state index in [1.54, 1.807) is 0 Å². The Morgan fingerprint density at radius 3 is 2.29 bits per heavy atom. The molecule has 0 radical (unpaired) electrons. The van der Waals surface area contributed by atoms with E-state index in [1.807, 2.05) is 0 Å². The zero-order chi connectivity index (χ0) is 18.1. The van der Waals surface area contributed by atoms with Gasteiger partial charge in [-0.15, -0.1) is 0 Å². The number of hydrogen-bond acceptors (Lipinski definition) is 3. The fourth-order valence-corrected chi connectivity index (χ4v) is 4.30. The maximum absolute atomic E-state index is 14.0. The molecule has 0 unspecified atom stereocenters. The fourth-order valence-electron chi connectivity index (χ4n) is 2.99. The summed E-state index contributed by atoms with van der Waals surface area (Å²) in [7, 11) is -3.08. The molecule has 0 saturated heterocycles. The molecule has 8 heteroatoms. The van der Waals surface area contributed by atoms with E-state index in [0.717, 1.165) is 17.5 Å². The highest BCUT2D eigenvalue weighted by Gasteiger charge is 2.31. The highest BCUT2D eigenvalue weighted by Crippen LogP contribution is 2.30. The van der Waals surface area contributed by atoms with E-state index in [1.165, 1.54) is 7.05 Å². The molecular formula is C16H20F3NO3S. The lowest BCUT2D eigenvalue weighted by Crippen LogP contribution is -2.34. The lowest BCUT2D eigenvalue weighted by atomic mass is 9.83. The Hall–Kier alpha value is -1.41. The van der Waals surface area contributed by atoms with E-state index in [0.29, 0.717) is 31.7 Å². The average molecular weight is 363 g/mol. The standard InChI is InChI=1S/C16H20F3NO3S/c1-10-13(17)7-14(16(19)15(10)18)24(22,23)20(2)8-11-3-5-12(9-21)6-4-11/h7,9,11-12H,3-6,8H2,1-2H3. The average Bonchev–Trinajstić information content (AvgIpc) is 2.56. The molecule has 0 bridgehead atoms. The Kier molecular flexibility index (Phi) is 5.70. The Morgan fingerprint density at radius 2 is 1.75 bits per heavy atom. The van der Waals surface area contributed by atoms with Crippen LogP contribution < -0.4 is 0 Å². The van der Waals surface area contributed by atoms with Crippen molar-refractivity contribution in [3.63, 3.8) is 0 Å². The Labute approximate surface area is 139 Å². The Morgan fingerprint density at radius 1 is 1.17 bits per heavy atom. The van der Waals surface area contributed by atoms with Crippen LogP contribution in [0.15, 0.2) is 11.0 Å². The van der Waals surface area contributed by atoms with E-state index in [2.05, 4.69) is 0 Å². The molecule has 0 spiro atoms. The van der Waals surface area contributed by atoms with Crippen LogP contribution in [0.3, 0.4) is 0 Å². The van der Waals surface area contributed by atoms with Crippen molar-refractivity contribution >= 4 is 16.3 Å². The number of aldehydes is 1. The van der Waals surface area contributed by atoms with Gasteiger partial charge < -0.3 is 4.79 Å². The third-order valence-electron chi connectivity index (χ3n) is 4.64. The molecule has 0 heterocycles. The molecule has 2 rings (SSSR count). The number of rotatable bonds is 5. The van der Waals surface area contributed by atoms with Gasteiger partial charge >= 0.3 is 0 Å². The molecule has 1 aliphatic rings. The lowest BCUT2D eigenvalue weighted by molar-refractivity contribution is -0.112. The topological polar surface area (TPSA) is 54.5 Å². The number of carbonyl (C=O) groups is 1. The predicted molar refractivity (Wildman–Crippen MR) is 82.4 cm³/mol. The largest absolute Gasteiger partial charge is 0.303 e. The van der Waals surface area contributed by atoms with Crippen molar-refractivity contribution in [2.24, 2.45) is 11.8 Å². The highest BCUT2D eigenvalue weighted by atomic mass is 32.2. The monoisotopic (exact) mass is 363 g/mol. The second-order valence-corrected chi connectivity index (χ2v) is 8.33. The van der Waals surface area contributed by atoms with Gasteiger partial charge in [0.05, 0.1) is 0 Å². The second-order valence-electron chi connectivity index (χ2n) is 6.31. The van der Waals surface area contributed by atoms with Crippen molar-refractivity contribution in [1.82, 2.24) is 4.31 Å². The van der Waals surface area contributed by atoms with Crippen molar-refractivity contribution in [3.05, 3.63) is 29.1 Å². The third kappa shape index (κ3) is 3.64. The summed E-state index contributed by atoms with van der Waals surface area (Å²) in [5, 5.41) is 0. The minimum Gasteiger partial charge on any atom is -0.303 e. The van der Waals surface area contributed by atoms with Gasteiger partial charge in [-0.25, -0.2) is 25.9 Å². The molecule has 0 amide bonds. The molecule has 24 heavy (non-hydrogen) atoms. The number of nitrogens with zero attached hydrogens (tertiary/aromatic N) is 1. The van der Waals surface area contributed by atoms with Gasteiger partial charge in [0.2, 0.25) is 10.0 Å². The van der Waals surface area contributed by atoms with Crippen molar-refractivity contribution in [1.29, 1.82) is 0 Å². The fraction of sp³-hybridized carbons (Fsp3) is 0.562. The zero-order valence-electron chi connectivity index (χ0n) is 13.6. The van der Waals surface area contributed by atoms with Crippen molar-refractivity contribution in [3.8, 4) is 0 Å². The van der Waals surface area contributed by atoms with Gasteiger partial charge in [0.15, 0.2) is 11.6 Å². The quantitative estimate of drug-likeness (QED) is 0.597. The van der Waals surface area contributed by atoms with Gasteiger partial charge in [0, 0.05) is 25.1 Å². The molecule has 0 aliphatic heterocycles. The smallest absolute Gasteiger partial charge is 0.245 e. The minimum atomic E-state index is -4.34. The van der Waals surface area contributed by atoms with E-state index in [9.17, 15) is 26.4 Å². The highest BCUT2D eigenvalue weighted by molar-refractivity contribution is 7.89. The Bertz CT molecular complexity index is 729. The first-order chi connectivity index (χ1) is 11.2. The number of sulfonamides is 1. The SMILES string of the molecule is Cc1c(F)cc(S(=O)(=O)N(C)CC2CCC(C=O)CC2)c(F)c1F. The van der Waals surface area contributed by atoms with Crippen LogP contribution in [0, 0.1) is 36.2 Å². The summed E-state index contributed by atoms with van der Waals surface area (Å²) < 4.78 is 67.1. The van der Waals surface area contributed by atoms with Crippen LogP contribution in [-0.4, -0.2) is 32.6 Å². The summed E-state index contributed by atoms with van der Waals surface area (Å²) in [6.45, 7) is 1.16. The van der Waals surface area contributed by atoms with Crippen molar-refractivity contribution in [2.75, 3.05) is 13.6 Å². The normalized spacial score (nSPS) is 21.9. The minimum absolute atomic E-state index is 0.000831. The van der Waals surface area contributed by atoms with E-state index >= 15 is 0 Å². The molecule has 1 aromatic carbocycles. The van der Waals surface area contributed by atoms with Crippen LogP contribution in [0.5, 0.6) is 0 Å². The maximum Gasteiger partial charge on any atom is 0.245 e. The molecule has 1 aromatic rings. The second kappa shape index (κ2) is 7.23. The summed E-state index contributed by atoms with van der Waals surface area (Å²) in [6, 6.07) is 0.517. The molecule has 0 atom stereocenters. The molecule has 134 valence electrons. The van der Waals surface area contributed by atoms with E-state index in [4.69, 9.17) is 0 Å². The summed E-state index contributed by atoms with van der Waals surface area (Å²) in [5.41, 5.74) is -0.554. The van der Waals surface area contributed by atoms with Gasteiger partial charge in [0.1, 0.15) is 17.0 Å². The molecule has 1 fully saturated rings. The zero-order valence-corrected chi connectivity index (χ0v) is 14.4. The van der Waals surface area contributed by atoms with Gasteiger partial charge in [-0.3, -0.25) is 0 Å².